The lowest BCUT2D eigenvalue weighted by atomic mass is 9.66. The number of thioether (sulfide) groups is 1. The molecule has 1 saturated carbocycles. The number of carbonyl (C=O) groups excluding carboxylic acids is 1. The maximum Gasteiger partial charge on any atom is 0.413 e. The molecule has 7 heteroatoms. The molecule has 3 unspecified atom stereocenters. The average Bonchev–Trinajstić information content (AvgIpc) is 2.61. The molecule has 5 nitrogen and oxygen atoms in total. The molecule has 28 heavy (non-hydrogen) atoms. The Bertz CT molecular complexity index is 807. The zero-order valence-corrected chi connectivity index (χ0v) is 19.0. The number of hydrogen-bond acceptors (Lipinski definition) is 5. The van der Waals surface area contributed by atoms with Gasteiger partial charge in [0, 0.05) is 21.7 Å². The van der Waals surface area contributed by atoms with Crippen molar-refractivity contribution in [3.8, 4) is 5.75 Å². The van der Waals surface area contributed by atoms with Gasteiger partial charge in [-0.1, -0.05) is 34.1 Å². The summed E-state index contributed by atoms with van der Waals surface area (Å²) in [4.78, 5) is 17.5. The molecule has 1 N–H and O–H groups in total. The molecule has 1 spiro atoms. The van der Waals surface area contributed by atoms with Crippen LogP contribution in [0.2, 0.25) is 0 Å². The van der Waals surface area contributed by atoms with E-state index in [4.69, 9.17) is 14.5 Å². The van der Waals surface area contributed by atoms with E-state index in [0.717, 1.165) is 40.8 Å². The lowest BCUT2D eigenvalue weighted by Gasteiger charge is -2.50. The third-order valence-electron chi connectivity index (χ3n) is 5.63. The van der Waals surface area contributed by atoms with Gasteiger partial charge in [-0.05, 0) is 64.7 Å². The van der Waals surface area contributed by atoms with E-state index in [1.165, 1.54) is 12.8 Å². The minimum atomic E-state index is -0.535. The third kappa shape index (κ3) is 3.92. The van der Waals surface area contributed by atoms with Crippen molar-refractivity contribution in [2.45, 2.75) is 70.1 Å². The van der Waals surface area contributed by atoms with Gasteiger partial charge >= 0.3 is 6.09 Å². The first kappa shape index (κ1) is 20.1. The summed E-state index contributed by atoms with van der Waals surface area (Å²) in [6, 6.07) is 6.21. The number of carbonyl (C=O) groups is 1. The Morgan fingerprint density at radius 3 is 2.93 bits per heavy atom. The molecule has 2 aliphatic heterocycles. The van der Waals surface area contributed by atoms with Gasteiger partial charge in [-0.3, -0.25) is 10.3 Å². The normalized spacial score (nSPS) is 29.2. The Hall–Kier alpha value is -1.21. The molecule has 1 amide bonds. The lowest BCUT2D eigenvalue weighted by Crippen LogP contribution is -2.51. The van der Waals surface area contributed by atoms with Crippen molar-refractivity contribution in [1.82, 2.24) is 5.32 Å². The molecule has 0 saturated heterocycles. The molecule has 1 fully saturated rings. The highest BCUT2D eigenvalue weighted by atomic mass is 79.9. The zero-order valence-electron chi connectivity index (χ0n) is 16.6. The molecule has 1 aromatic rings. The summed E-state index contributed by atoms with van der Waals surface area (Å²) in [5.41, 5.74) is 0.249. The van der Waals surface area contributed by atoms with Crippen LogP contribution in [0.1, 0.15) is 58.4 Å². The molecule has 1 aliphatic carbocycles. The second-order valence-electron chi connectivity index (χ2n) is 8.75. The van der Waals surface area contributed by atoms with Gasteiger partial charge in [0.15, 0.2) is 5.17 Å². The van der Waals surface area contributed by atoms with E-state index in [2.05, 4.69) is 27.3 Å². The van der Waals surface area contributed by atoms with Gasteiger partial charge < -0.3 is 9.47 Å². The number of alkyl carbamates (subject to hydrolysis) is 1. The SMILES string of the molecule is CC(C)(C)OC(=O)NC1=NC2(CCS1)c1cc(Br)ccc1OC1CCCCC12. The Morgan fingerprint density at radius 1 is 1.36 bits per heavy atom. The largest absolute Gasteiger partial charge is 0.490 e. The van der Waals surface area contributed by atoms with Gasteiger partial charge in [0.1, 0.15) is 17.5 Å². The monoisotopic (exact) mass is 466 g/mol. The molecule has 0 aromatic heterocycles. The molecular weight excluding hydrogens is 440 g/mol. The maximum atomic E-state index is 12.3. The highest BCUT2D eigenvalue weighted by molar-refractivity contribution is 9.10. The highest BCUT2D eigenvalue weighted by Gasteiger charge is 2.52. The molecule has 0 radical (unpaired) electrons. The second-order valence-corrected chi connectivity index (χ2v) is 10.8. The van der Waals surface area contributed by atoms with Crippen LogP contribution in [0.3, 0.4) is 0 Å². The summed E-state index contributed by atoms with van der Waals surface area (Å²) in [5.74, 6) is 2.17. The summed E-state index contributed by atoms with van der Waals surface area (Å²) >= 11 is 5.21. The van der Waals surface area contributed by atoms with Gasteiger partial charge in [-0.2, -0.15) is 0 Å². The highest BCUT2D eigenvalue weighted by Crippen LogP contribution is 2.54. The van der Waals surface area contributed by atoms with Crippen molar-refractivity contribution in [2.75, 3.05) is 5.75 Å². The number of aliphatic imine (C=N–C) groups is 1. The number of hydrogen-bond donors (Lipinski definition) is 1. The predicted octanol–water partition coefficient (Wildman–Crippen LogP) is 5.61. The zero-order chi connectivity index (χ0) is 19.9. The van der Waals surface area contributed by atoms with Crippen molar-refractivity contribution in [1.29, 1.82) is 0 Å². The van der Waals surface area contributed by atoms with E-state index in [9.17, 15) is 4.79 Å². The summed E-state index contributed by atoms with van der Waals surface area (Å²) < 4.78 is 12.9. The number of nitrogens with zero attached hydrogens (tertiary/aromatic N) is 1. The fraction of sp³-hybridized carbons (Fsp3) is 0.619. The van der Waals surface area contributed by atoms with Crippen molar-refractivity contribution < 1.29 is 14.3 Å². The molecule has 1 aromatic carbocycles. The van der Waals surface area contributed by atoms with Crippen molar-refractivity contribution in [3.05, 3.63) is 28.2 Å². The van der Waals surface area contributed by atoms with Crippen LogP contribution in [0.25, 0.3) is 0 Å². The minimum absolute atomic E-state index is 0.192. The molecule has 152 valence electrons. The first-order chi connectivity index (χ1) is 13.3. The van der Waals surface area contributed by atoms with Crippen LogP contribution in [-0.2, 0) is 10.3 Å². The molecular formula is C21H27BrN2O3S. The summed E-state index contributed by atoms with van der Waals surface area (Å²) in [7, 11) is 0. The van der Waals surface area contributed by atoms with Crippen LogP contribution in [0.5, 0.6) is 5.75 Å². The van der Waals surface area contributed by atoms with Crippen LogP contribution in [0, 0.1) is 5.92 Å². The fourth-order valence-corrected chi connectivity index (χ4v) is 5.93. The van der Waals surface area contributed by atoms with Gasteiger partial charge in [0.25, 0.3) is 0 Å². The van der Waals surface area contributed by atoms with Crippen molar-refractivity contribution >= 4 is 39.0 Å². The van der Waals surface area contributed by atoms with Gasteiger partial charge in [-0.25, -0.2) is 4.79 Å². The van der Waals surface area contributed by atoms with E-state index in [1.54, 1.807) is 11.8 Å². The van der Waals surface area contributed by atoms with E-state index < -0.39 is 11.7 Å². The van der Waals surface area contributed by atoms with Gasteiger partial charge in [0.05, 0.1) is 5.54 Å². The van der Waals surface area contributed by atoms with E-state index in [-0.39, 0.29) is 11.6 Å². The molecule has 4 rings (SSSR count). The Labute approximate surface area is 179 Å². The summed E-state index contributed by atoms with van der Waals surface area (Å²) in [6.07, 6.45) is 5.27. The van der Waals surface area contributed by atoms with Crippen LogP contribution in [0.4, 0.5) is 4.79 Å². The second kappa shape index (κ2) is 7.56. The number of amidine groups is 1. The van der Waals surface area contributed by atoms with Crippen molar-refractivity contribution in [2.24, 2.45) is 10.9 Å². The number of halogens is 1. The standard InChI is InChI=1S/C21H27BrN2O3S/c1-20(2,3)27-19(25)23-18-24-21(10-11-28-18)14-6-4-5-7-16(14)26-17-9-8-13(22)12-15(17)21/h8-9,12,14,16H,4-7,10-11H2,1-3H3,(H,23,24,25). The van der Waals surface area contributed by atoms with Crippen LogP contribution >= 0.6 is 27.7 Å². The first-order valence-corrected chi connectivity index (χ1v) is 11.7. The first-order valence-electron chi connectivity index (χ1n) is 9.96. The topological polar surface area (TPSA) is 59.9 Å². The number of amides is 1. The van der Waals surface area contributed by atoms with E-state index in [1.807, 2.05) is 32.9 Å². The Morgan fingerprint density at radius 2 is 2.14 bits per heavy atom. The van der Waals surface area contributed by atoms with Gasteiger partial charge in [-0.15, -0.1) is 0 Å². The predicted molar refractivity (Wildman–Crippen MR) is 116 cm³/mol. The minimum Gasteiger partial charge on any atom is -0.490 e. The fourth-order valence-electron chi connectivity index (χ4n) is 4.58. The molecule has 2 heterocycles. The molecule has 0 bridgehead atoms. The summed E-state index contributed by atoms with van der Waals surface area (Å²) in [6.45, 7) is 5.59. The van der Waals surface area contributed by atoms with Crippen molar-refractivity contribution in [3.63, 3.8) is 0 Å². The number of nitrogens with one attached hydrogen (secondary N) is 1. The summed E-state index contributed by atoms with van der Waals surface area (Å²) in [5, 5.41) is 3.54. The number of fused-ring (bicyclic) bond motifs is 4. The van der Waals surface area contributed by atoms with Crippen LogP contribution in [-0.4, -0.2) is 28.7 Å². The van der Waals surface area contributed by atoms with Gasteiger partial charge in [0.2, 0.25) is 0 Å². The number of ether oxygens (including phenoxy) is 2. The Balaban J connectivity index is 1.72. The Kier molecular flexibility index (Phi) is 5.42. The number of rotatable bonds is 0. The lowest BCUT2D eigenvalue weighted by molar-refractivity contribution is 0.0156. The average molecular weight is 467 g/mol. The smallest absolute Gasteiger partial charge is 0.413 e. The molecule has 3 atom stereocenters. The van der Waals surface area contributed by atoms with Crippen LogP contribution in [0.15, 0.2) is 27.7 Å². The quantitative estimate of drug-likeness (QED) is 0.539. The van der Waals surface area contributed by atoms with E-state index in [0.29, 0.717) is 11.1 Å². The number of benzene rings is 1. The third-order valence-corrected chi connectivity index (χ3v) is 7.00. The van der Waals surface area contributed by atoms with Crippen LogP contribution < -0.4 is 10.1 Å². The molecule has 3 aliphatic rings. The maximum absolute atomic E-state index is 12.3. The van der Waals surface area contributed by atoms with E-state index >= 15 is 0 Å².